The van der Waals surface area contributed by atoms with Gasteiger partial charge in [0.25, 0.3) is 0 Å². The Morgan fingerprint density at radius 1 is 1.00 bits per heavy atom. The van der Waals surface area contributed by atoms with E-state index >= 15 is 0 Å². The zero-order valence-electron chi connectivity index (χ0n) is 12.6. The summed E-state index contributed by atoms with van der Waals surface area (Å²) in [6, 6.07) is 9.57. The molecule has 1 aliphatic heterocycles. The van der Waals surface area contributed by atoms with Crippen molar-refractivity contribution in [3.8, 4) is 0 Å². The molecule has 2 N–H and O–H groups in total. The van der Waals surface area contributed by atoms with Gasteiger partial charge in [-0.05, 0) is 42.7 Å². The van der Waals surface area contributed by atoms with E-state index in [9.17, 15) is 0 Å². The second kappa shape index (κ2) is 6.73. The Balaban J connectivity index is 1.68. The van der Waals surface area contributed by atoms with Crippen LogP contribution in [0.4, 0.5) is 0 Å². The van der Waals surface area contributed by atoms with Gasteiger partial charge in [-0.3, -0.25) is 4.90 Å². The molecule has 2 aliphatic rings. The Bertz CT molecular complexity index is 396. The van der Waals surface area contributed by atoms with Crippen LogP contribution in [0.5, 0.6) is 0 Å². The fraction of sp³-hybridized carbons (Fsp3) is 0.667. The summed E-state index contributed by atoms with van der Waals surface area (Å²) in [6.07, 6.45) is 9.43. The first-order chi connectivity index (χ1) is 9.88. The van der Waals surface area contributed by atoms with Gasteiger partial charge < -0.3 is 5.73 Å². The average Bonchev–Trinajstić information content (AvgIpc) is 2.72. The second-order valence-electron chi connectivity index (χ2n) is 6.51. The lowest BCUT2D eigenvalue weighted by atomic mass is 9.83. The van der Waals surface area contributed by atoms with Crippen molar-refractivity contribution in [3.63, 3.8) is 0 Å². The van der Waals surface area contributed by atoms with E-state index in [0.717, 1.165) is 12.5 Å². The highest BCUT2D eigenvalue weighted by atomic mass is 15.2. The zero-order chi connectivity index (χ0) is 13.8. The van der Waals surface area contributed by atoms with Gasteiger partial charge in [-0.1, -0.05) is 43.5 Å². The zero-order valence-corrected chi connectivity index (χ0v) is 12.6. The molecule has 1 saturated carbocycles. The molecule has 1 aliphatic carbocycles. The standard InChI is InChI=1S/C18H28N2/c19-14-18(17-8-2-1-3-9-17)20-12-10-15-6-4-5-7-16(15)11-13-20/h4-7,17-18H,1-3,8-14,19H2. The van der Waals surface area contributed by atoms with Crippen molar-refractivity contribution in [1.82, 2.24) is 4.90 Å². The van der Waals surface area contributed by atoms with Crippen molar-refractivity contribution >= 4 is 0 Å². The number of hydrogen-bond donors (Lipinski definition) is 1. The first-order valence-electron chi connectivity index (χ1n) is 8.39. The maximum Gasteiger partial charge on any atom is 0.0246 e. The summed E-state index contributed by atoms with van der Waals surface area (Å²) in [6.45, 7) is 3.21. The molecule has 0 aromatic heterocycles. The van der Waals surface area contributed by atoms with Crippen molar-refractivity contribution in [2.45, 2.75) is 51.0 Å². The number of benzene rings is 1. The fourth-order valence-corrected chi connectivity index (χ4v) is 4.18. The summed E-state index contributed by atoms with van der Waals surface area (Å²) < 4.78 is 0. The first-order valence-corrected chi connectivity index (χ1v) is 8.39. The number of nitrogens with zero attached hydrogens (tertiary/aromatic N) is 1. The van der Waals surface area contributed by atoms with Crippen LogP contribution in [0.15, 0.2) is 24.3 Å². The fourth-order valence-electron chi connectivity index (χ4n) is 4.18. The van der Waals surface area contributed by atoms with E-state index in [0.29, 0.717) is 6.04 Å². The molecular formula is C18H28N2. The van der Waals surface area contributed by atoms with Crippen LogP contribution in [-0.4, -0.2) is 30.6 Å². The van der Waals surface area contributed by atoms with Crippen molar-refractivity contribution in [1.29, 1.82) is 0 Å². The van der Waals surface area contributed by atoms with Gasteiger partial charge >= 0.3 is 0 Å². The van der Waals surface area contributed by atoms with Gasteiger partial charge in [0, 0.05) is 25.7 Å². The van der Waals surface area contributed by atoms with Crippen LogP contribution in [-0.2, 0) is 12.8 Å². The third-order valence-electron chi connectivity index (χ3n) is 5.36. The van der Waals surface area contributed by atoms with Gasteiger partial charge in [0.1, 0.15) is 0 Å². The van der Waals surface area contributed by atoms with Gasteiger partial charge in [0.2, 0.25) is 0 Å². The van der Waals surface area contributed by atoms with Crippen molar-refractivity contribution in [2.24, 2.45) is 11.7 Å². The predicted octanol–water partition coefficient (Wildman–Crippen LogP) is 2.99. The molecule has 1 unspecified atom stereocenters. The summed E-state index contributed by atoms with van der Waals surface area (Å²) in [5.74, 6) is 0.843. The average molecular weight is 272 g/mol. The van der Waals surface area contributed by atoms with E-state index in [-0.39, 0.29) is 0 Å². The number of hydrogen-bond acceptors (Lipinski definition) is 2. The van der Waals surface area contributed by atoms with Gasteiger partial charge in [-0.25, -0.2) is 0 Å². The molecule has 110 valence electrons. The summed E-state index contributed by atoms with van der Waals surface area (Å²) in [5, 5.41) is 0. The normalized spacial score (nSPS) is 23.1. The lowest BCUT2D eigenvalue weighted by molar-refractivity contribution is 0.126. The van der Waals surface area contributed by atoms with E-state index < -0.39 is 0 Å². The van der Waals surface area contributed by atoms with E-state index in [1.165, 1.54) is 58.0 Å². The van der Waals surface area contributed by atoms with Crippen LogP contribution in [0.2, 0.25) is 0 Å². The van der Waals surface area contributed by atoms with Gasteiger partial charge in [0.05, 0.1) is 0 Å². The van der Waals surface area contributed by atoms with E-state index in [1.54, 1.807) is 11.1 Å². The van der Waals surface area contributed by atoms with Crippen LogP contribution >= 0.6 is 0 Å². The molecule has 0 saturated heterocycles. The number of rotatable bonds is 3. The Labute approximate surface area is 123 Å². The van der Waals surface area contributed by atoms with Gasteiger partial charge in [-0.15, -0.1) is 0 Å². The molecule has 3 rings (SSSR count). The van der Waals surface area contributed by atoms with E-state index in [1.807, 2.05) is 0 Å². The van der Waals surface area contributed by atoms with E-state index in [2.05, 4.69) is 29.2 Å². The summed E-state index contributed by atoms with van der Waals surface area (Å²) in [7, 11) is 0. The molecule has 1 heterocycles. The third-order valence-corrected chi connectivity index (χ3v) is 5.36. The molecule has 0 spiro atoms. The molecule has 0 radical (unpaired) electrons. The molecule has 0 bridgehead atoms. The lowest BCUT2D eigenvalue weighted by Gasteiger charge is -2.37. The first kappa shape index (κ1) is 14.1. The quantitative estimate of drug-likeness (QED) is 0.916. The molecule has 1 fully saturated rings. The summed E-state index contributed by atoms with van der Waals surface area (Å²) in [5.41, 5.74) is 9.25. The largest absolute Gasteiger partial charge is 0.329 e. The van der Waals surface area contributed by atoms with Crippen LogP contribution < -0.4 is 5.73 Å². The van der Waals surface area contributed by atoms with Crippen LogP contribution in [0.25, 0.3) is 0 Å². The maximum atomic E-state index is 6.15. The molecule has 1 aromatic carbocycles. The highest BCUT2D eigenvalue weighted by Gasteiger charge is 2.28. The van der Waals surface area contributed by atoms with Gasteiger partial charge in [0.15, 0.2) is 0 Å². The highest BCUT2D eigenvalue weighted by molar-refractivity contribution is 5.28. The summed E-state index contributed by atoms with van der Waals surface area (Å²) in [4.78, 5) is 2.69. The predicted molar refractivity (Wildman–Crippen MR) is 84.8 cm³/mol. The van der Waals surface area contributed by atoms with Crippen LogP contribution in [0.3, 0.4) is 0 Å². The van der Waals surface area contributed by atoms with Crippen molar-refractivity contribution in [2.75, 3.05) is 19.6 Å². The molecular weight excluding hydrogens is 244 g/mol. The van der Waals surface area contributed by atoms with Crippen LogP contribution in [0, 0.1) is 5.92 Å². The van der Waals surface area contributed by atoms with E-state index in [4.69, 9.17) is 5.73 Å². The molecule has 0 amide bonds. The Kier molecular flexibility index (Phi) is 4.74. The smallest absolute Gasteiger partial charge is 0.0246 e. The Morgan fingerprint density at radius 3 is 2.15 bits per heavy atom. The lowest BCUT2D eigenvalue weighted by Crippen LogP contribution is -2.47. The third kappa shape index (κ3) is 3.07. The monoisotopic (exact) mass is 272 g/mol. The highest BCUT2D eigenvalue weighted by Crippen LogP contribution is 2.29. The minimum Gasteiger partial charge on any atom is -0.329 e. The number of fused-ring (bicyclic) bond motifs is 1. The van der Waals surface area contributed by atoms with Crippen LogP contribution in [0.1, 0.15) is 43.2 Å². The molecule has 2 nitrogen and oxygen atoms in total. The molecule has 2 heteroatoms. The molecule has 1 aromatic rings. The minimum absolute atomic E-state index is 0.615. The topological polar surface area (TPSA) is 29.3 Å². The number of nitrogens with two attached hydrogens (primary N) is 1. The molecule has 1 atom stereocenters. The van der Waals surface area contributed by atoms with Gasteiger partial charge in [-0.2, -0.15) is 0 Å². The van der Waals surface area contributed by atoms with Crippen molar-refractivity contribution < 1.29 is 0 Å². The second-order valence-corrected chi connectivity index (χ2v) is 6.51. The Morgan fingerprint density at radius 2 is 1.60 bits per heavy atom. The maximum absolute atomic E-state index is 6.15. The SMILES string of the molecule is NCC(C1CCCCC1)N1CCc2ccccc2CC1. The minimum atomic E-state index is 0.615. The summed E-state index contributed by atoms with van der Waals surface area (Å²) >= 11 is 0. The van der Waals surface area contributed by atoms with Crippen molar-refractivity contribution in [3.05, 3.63) is 35.4 Å². The Hall–Kier alpha value is -0.860. The molecule has 20 heavy (non-hydrogen) atoms.